The molecular formula is C26H22N2O2S. The van der Waals surface area contributed by atoms with Crippen LogP contribution in [0.15, 0.2) is 97.1 Å². The van der Waals surface area contributed by atoms with Crippen molar-refractivity contribution < 1.29 is 9.53 Å². The van der Waals surface area contributed by atoms with Crippen molar-refractivity contribution >= 4 is 39.7 Å². The van der Waals surface area contributed by atoms with Gasteiger partial charge in [-0.1, -0.05) is 72.8 Å². The third kappa shape index (κ3) is 5.47. The highest BCUT2D eigenvalue weighted by atomic mass is 32.1. The minimum Gasteiger partial charge on any atom is -0.493 e. The molecule has 0 spiro atoms. The van der Waals surface area contributed by atoms with E-state index in [2.05, 4.69) is 22.8 Å². The standard InChI is InChI=1S/C26H22N2O2S/c29-25(28-26(31)27-24-15-7-11-20-10-4-5-14-23(20)24)21-12-6-13-22(18-21)30-17-16-19-8-2-1-3-9-19/h1-15,18H,16-17H2,(H2,27,28,29,31). The summed E-state index contributed by atoms with van der Waals surface area (Å²) in [7, 11) is 0. The van der Waals surface area contributed by atoms with Gasteiger partial charge in [0.15, 0.2) is 5.11 Å². The van der Waals surface area contributed by atoms with E-state index in [1.54, 1.807) is 18.2 Å². The van der Waals surface area contributed by atoms with Gasteiger partial charge >= 0.3 is 0 Å². The van der Waals surface area contributed by atoms with Gasteiger partial charge in [-0.05, 0) is 47.4 Å². The molecule has 0 aliphatic rings. The first kappa shape index (κ1) is 20.6. The number of thiocarbonyl (C=S) groups is 1. The fourth-order valence-electron chi connectivity index (χ4n) is 3.32. The van der Waals surface area contributed by atoms with E-state index in [0.29, 0.717) is 17.9 Å². The Hall–Kier alpha value is -3.70. The highest BCUT2D eigenvalue weighted by Gasteiger charge is 2.10. The second-order valence-corrected chi connectivity index (χ2v) is 7.46. The van der Waals surface area contributed by atoms with Gasteiger partial charge in [-0.15, -0.1) is 0 Å². The molecule has 0 bridgehead atoms. The average molecular weight is 427 g/mol. The first-order valence-electron chi connectivity index (χ1n) is 10.1. The number of hydrogen-bond acceptors (Lipinski definition) is 3. The van der Waals surface area contributed by atoms with Crippen molar-refractivity contribution in [2.75, 3.05) is 11.9 Å². The molecule has 4 aromatic carbocycles. The molecule has 0 saturated heterocycles. The van der Waals surface area contributed by atoms with Crippen molar-refractivity contribution in [2.24, 2.45) is 0 Å². The zero-order valence-corrected chi connectivity index (χ0v) is 17.7. The van der Waals surface area contributed by atoms with E-state index in [9.17, 15) is 4.79 Å². The van der Waals surface area contributed by atoms with Crippen LogP contribution in [0.25, 0.3) is 10.8 Å². The Kier molecular flexibility index (Phi) is 6.55. The lowest BCUT2D eigenvalue weighted by Gasteiger charge is -2.12. The SMILES string of the molecule is O=C(NC(=S)Nc1cccc2ccccc12)c1cccc(OCCc2ccccc2)c1. The van der Waals surface area contributed by atoms with Gasteiger partial charge in [0.05, 0.1) is 6.61 Å². The van der Waals surface area contributed by atoms with Crippen LogP contribution in [0.2, 0.25) is 0 Å². The van der Waals surface area contributed by atoms with Crippen LogP contribution in [0.4, 0.5) is 5.69 Å². The van der Waals surface area contributed by atoms with Crippen molar-refractivity contribution in [3.63, 3.8) is 0 Å². The fraction of sp³-hybridized carbons (Fsp3) is 0.0769. The smallest absolute Gasteiger partial charge is 0.257 e. The summed E-state index contributed by atoms with van der Waals surface area (Å²) in [4.78, 5) is 12.7. The molecule has 4 nitrogen and oxygen atoms in total. The topological polar surface area (TPSA) is 50.4 Å². The van der Waals surface area contributed by atoms with Gasteiger partial charge in [0.25, 0.3) is 5.91 Å². The second kappa shape index (κ2) is 9.87. The summed E-state index contributed by atoms with van der Waals surface area (Å²) < 4.78 is 5.82. The van der Waals surface area contributed by atoms with Crippen molar-refractivity contribution in [1.29, 1.82) is 0 Å². The number of benzene rings is 4. The Morgan fingerprint density at radius 2 is 1.58 bits per heavy atom. The molecule has 0 aliphatic carbocycles. The van der Waals surface area contributed by atoms with Gasteiger partial charge in [0.1, 0.15) is 5.75 Å². The average Bonchev–Trinajstić information content (AvgIpc) is 2.80. The Balaban J connectivity index is 1.35. The predicted octanol–water partition coefficient (Wildman–Crippen LogP) is 5.59. The predicted molar refractivity (Wildman–Crippen MR) is 130 cm³/mol. The number of carbonyl (C=O) groups excluding carboxylic acids is 1. The Morgan fingerprint density at radius 3 is 2.45 bits per heavy atom. The third-order valence-corrected chi connectivity index (χ3v) is 5.07. The Bertz CT molecular complexity index is 1200. The van der Waals surface area contributed by atoms with Crippen LogP contribution in [0.3, 0.4) is 0 Å². The van der Waals surface area contributed by atoms with Gasteiger partial charge < -0.3 is 10.1 Å². The Labute approximate surface area is 186 Å². The summed E-state index contributed by atoms with van der Waals surface area (Å²) >= 11 is 5.36. The Morgan fingerprint density at radius 1 is 0.839 bits per heavy atom. The normalized spacial score (nSPS) is 10.5. The largest absolute Gasteiger partial charge is 0.493 e. The zero-order chi connectivity index (χ0) is 21.5. The van der Waals surface area contributed by atoms with E-state index >= 15 is 0 Å². The number of hydrogen-bond donors (Lipinski definition) is 2. The highest BCUT2D eigenvalue weighted by Crippen LogP contribution is 2.23. The lowest BCUT2D eigenvalue weighted by molar-refractivity contribution is 0.0977. The quantitative estimate of drug-likeness (QED) is 0.395. The number of ether oxygens (including phenoxy) is 1. The molecule has 5 heteroatoms. The molecule has 0 aromatic heterocycles. The summed E-state index contributed by atoms with van der Waals surface area (Å²) in [6, 6.07) is 31.2. The molecule has 154 valence electrons. The van der Waals surface area contributed by atoms with Gasteiger partial charge in [-0.25, -0.2) is 0 Å². The number of rotatable bonds is 6. The number of nitrogens with one attached hydrogen (secondary N) is 2. The summed E-state index contributed by atoms with van der Waals surface area (Å²) in [6.45, 7) is 0.538. The van der Waals surface area contributed by atoms with E-state index in [4.69, 9.17) is 17.0 Å². The lowest BCUT2D eigenvalue weighted by atomic mass is 10.1. The van der Waals surface area contributed by atoms with Crippen LogP contribution in [-0.2, 0) is 6.42 Å². The number of amides is 1. The molecule has 31 heavy (non-hydrogen) atoms. The van der Waals surface area contributed by atoms with Crippen LogP contribution in [0.5, 0.6) is 5.75 Å². The van der Waals surface area contributed by atoms with Gasteiger partial charge in [-0.3, -0.25) is 10.1 Å². The maximum Gasteiger partial charge on any atom is 0.257 e. The van der Waals surface area contributed by atoms with E-state index in [0.717, 1.165) is 22.9 Å². The molecule has 0 unspecified atom stereocenters. The fourth-order valence-corrected chi connectivity index (χ4v) is 3.52. The number of carbonyl (C=O) groups is 1. The third-order valence-electron chi connectivity index (χ3n) is 4.86. The van der Waals surface area contributed by atoms with Crippen molar-refractivity contribution in [2.45, 2.75) is 6.42 Å². The molecular weight excluding hydrogens is 404 g/mol. The van der Waals surface area contributed by atoms with Gasteiger partial charge in [0, 0.05) is 23.1 Å². The van der Waals surface area contributed by atoms with E-state index in [1.807, 2.05) is 66.7 Å². The highest BCUT2D eigenvalue weighted by molar-refractivity contribution is 7.80. The van der Waals surface area contributed by atoms with E-state index < -0.39 is 0 Å². The summed E-state index contributed by atoms with van der Waals surface area (Å²) in [6.07, 6.45) is 0.802. The molecule has 0 heterocycles. The van der Waals surface area contributed by atoms with Crippen LogP contribution in [-0.4, -0.2) is 17.6 Å². The maximum absolute atomic E-state index is 12.7. The molecule has 0 fully saturated rings. The van der Waals surface area contributed by atoms with Crippen LogP contribution >= 0.6 is 12.2 Å². The molecule has 4 aromatic rings. The lowest BCUT2D eigenvalue weighted by Crippen LogP contribution is -2.34. The van der Waals surface area contributed by atoms with Crippen molar-refractivity contribution in [3.05, 3.63) is 108 Å². The minimum atomic E-state index is -0.286. The molecule has 0 aliphatic heterocycles. The van der Waals surface area contributed by atoms with Gasteiger partial charge in [0.2, 0.25) is 0 Å². The van der Waals surface area contributed by atoms with Gasteiger partial charge in [-0.2, -0.15) is 0 Å². The van der Waals surface area contributed by atoms with Crippen molar-refractivity contribution in [1.82, 2.24) is 5.32 Å². The first-order valence-corrected chi connectivity index (χ1v) is 10.5. The summed E-state index contributed by atoms with van der Waals surface area (Å²) in [5.74, 6) is 0.364. The molecule has 4 rings (SSSR count). The minimum absolute atomic E-state index is 0.247. The van der Waals surface area contributed by atoms with Crippen LogP contribution < -0.4 is 15.4 Å². The number of anilines is 1. The molecule has 0 radical (unpaired) electrons. The first-order chi connectivity index (χ1) is 15.2. The van der Waals surface area contributed by atoms with E-state index in [1.165, 1.54) is 5.56 Å². The molecule has 2 N–H and O–H groups in total. The summed E-state index contributed by atoms with van der Waals surface area (Å²) in [5, 5.41) is 8.25. The summed E-state index contributed by atoms with van der Waals surface area (Å²) in [5.41, 5.74) is 2.54. The number of fused-ring (bicyclic) bond motifs is 1. The molecule has 1 amide bonds. The molecule has 0 atom stereocenters. The van der Waals surface area contributed by atoms with Crippen LogP contribution in [0, 0.1) is 0 Å². The van der Waals surface area contributed by atoms with Crippen molar-refractivity contribution in [3.8, 4) is 5.75 Å². The molecule has 0 saturated carbocycles. The second-order valence-electron chi connectivity index (χ2n) is 7.05. The maximum atomic E-state index is 12.7. The monoisotopic (exact) mass is 426 g/mol. The zero-order valence-electron chi connectivity index (χ0n) is 16.9. The van der Waals surface area contributed by atoms with E-state index in [-0.39, 0.29) is 11.0 Å². The van der Waals surface area contributed by atoms with Crippen LogP contribution in [0.1, 0.15) is 15.9 Å².